The summed E-state index contributed by atoms with van der Waals surface area (Å²) in [7, 11) is 0. The Kier molecular flexibility index (Phi) is 4.62. The molecule has 0 radical (unpaired) electrons. The Morgan fingerprint density at radius 2 is 1.85 bits per heavy atom. The van der Waals surface area contributed by atoms with Crippen molar-refractivity contribution < 1.29 is 4.74 Å². The van der Waals surface area contributed by atoms with Crippen molar-refractivity contribution in [3.63, 3.8) is 0 Å². The van der Waals surface area contributed by atoms with Gasteiger partial charge >= 0.3 is 0 Å². The predicted octanol–water partition coefficient (Wildman–Crippen LogP) is 3.82. The highest BCUT2D eigenvalue weighted by molar-refractivity contribution is 5.52. The summed E-state index contributed by atoms with van der Waals surface area (Å²) < 4.78 is 5.22. The fourth-order valence-electron chi connectivity index (χ4n) is 2.03. The first-order valence-electron chi connectivity index (χ1n) is 6.59. The third-order valence-corrected chi connectivity index (χ3v) is 3.09. The topological polar surface area (TPSA) is 45.0 Å². The predicted molar refractivity (Wildman–Crippen MR) is 80.8 cm³/mol. The Labute approximate surface area is 119 Å². The van der Waals surface area contributed by atoms with Crippen LogP contribution in [0, 0.1) is 25.2 Å². The Morgan fingerprint density at radius 3 is 2.50 bits per heavy atom. The highest BCUT2D eigenvalue weighted by Gasteiger charge is 1.99. The van der Waals surface area contributed by atoms with Crippen LogP contribution < -0.4 is 10.1 Å². The molecule has 0 saturated carbocycles. The molecule has 0 aliphatic heterocycles. The minimum atomic E-state index is 0.0835. The number of hydrogen-bond donors (Lipinski definition) is 1. The summed E-state index contributed by atoms with van der Waals surface area (Å²) in [6, 6.07) is 16.1. The highest BCUT2D eigenvalue weighted by atomic mass is 16.5. The summed E-state index contributed by atoms with van der Waals surface area (Å²) >= 11 is 0. The zero-order valence-electron chi connectivity index (χ0n) is 11.8. The lowest BCUT2D eigenvalue weighted by Gasteiger charge is -2.10. The van der Waals surface area contributed by atoms with Crippen molar-refractivity contribution in [2.45, 2.75) is 20.4 Å². The molecule has 1 N–H and O–H groups in total. The number of nitrogens with zero attached hydrogens (tertiary/aromatic N) is 1. The van der Waals surface area contributed by atoms with E-state index in [4.69, 9.17) is 10.00 Å². The highest BCUT2D eigenvalue weighted by Crippen LogP contribution is 2.18. The van der Waals surface area contributed by atoms with E-state index < -0.39 is 0 Å². The first-order valence-corrected chi connectivity index (χ1v) is 6.59. The van der Waals surface area contributed by atoms with Gasteiger partial charge in [-0.05, 0) is 43.2 Å². The van der Waals surface area contributed by atoms with Crippen LogP contribution in [-0.2, 0) is 6.54 Å². The molecule has 2 aromatic carbocycles. The maximum atomic E-state index is 8.45. The van der Waals surface area contributed by atoms with Gasteiger partial charge in [-0.3, -0.25) is 0 Å². The molecule has 0 spiro atoms. The number of hydrogen-bond acceptors (Lipinski definition) is 3. The molecule has 0 bridgehead atoms. The van der Waals surface area contributed by atoms with Gasteiger partial charge < -0.3 is 10.1 Å². The van der Waals surface area contributed by atoms with E-state index >= 15 is 0 Å². The summed E-state index contributed by atoms with van der Waals surface area (Å²) in [6.45, 7) is 5.05. The summed E-state index contributed by atoms with van der Waals surface area (Å²) in [5.41, 5.74) is 4.85. The van der Waals surface area contributed by atoms with Crippen LogP contribution in [0.25, 0.3) is 0 Å². The van der Waals surface area contributed by atoms with Crippen molar-refractivity contribution >= 4 is 5.69 Å². The van der Waals surface area contributed by atoms with Crippen molar-refractivity contribution in [3.05, 3.63) is 59.2 Å². The quantitative estimate of drug-likeness (QED) is 0.894. The van der Waals surface area contributed by atoms with Crippen LogP contribution in [0.3, 0.4) is 0 Å². The molecular weight excluding hydrogens is 248 g/mol. The van der Waals surface area contributed by atoms with Gasteiger partial charge in [0.1, 0.15) is 11.8 Å². The van der Waals surface area contributed by atoms with E-state index in [9.17, 15) is 0 Å². The van der Waals surface area contributed by atoms with Crippen molar-refractivity contribution in [2.24, 2.45) is 0 Å². The second-order valence-electron chi connectivity index (χ2n) is 4.76. The zero-order chi connectivity index (χ0) is 14.4. The minimum Gasteiger partial charge on any atom is -0.479 e. The maximum Gasteiger partial charge on any atom is 0.174 e. The molecule has 3 heteroatoms. The van der Waals surface area contributed by atoms with Crippen molar-refractivity contribution in [1.82, 2.24) is 0 Å². The lowest BCUT2D eigenvalue weighted by atomic mass is 10.1. The van der Waals surface area contributed by atoms with E-state index in [2.05, 4.69) is 37.4 Å². The van der Waals surface area contributed by atoms with Crippen molar-refractivity contribution in [2.75, 3.05) is 11.9 Å². The molecular formula is C17H18N2O. The average Bonchev–Trinajstić information content (AvgIpc) is 2.45. The lowest BCUT2D eigenvalue weighted by molar-refractivity contribution is 0.368. The standard InChI is InChI=1S/C17H18N2O/c1-13-3-8-17(14(2)11-13)19-12-15-4-6-16(7-5-15)20-10-9-18/h3-8,11,19H,10,12H2,1-2H3. The van der Waals surface area contributed by atoms with E-state index in [0.717, 1.165) is 18.0 Å². The molecule has 0 atom stereocenters. The fourth-order valence-corrected chi connectivity index (χ4v) is 2.03. The van der Waals surface area contributed by atoms with Gasteiger partial charge in [-0.25, -0.2) is 0 Å². The molecule has 0 fully saturated rings. The second-order valence-corrected chi connectivity index (χ2v) is 4.76. The van der Waals surface area contributed by atoms with E-state index in [0.29, 0.717) is 0 Å². The molecule has 3 nitrogen and oxygen atoms in total. The Bertz CT molecular complexity index is 612. The molecule has 0 aliphatic rings. The number of ether oxygens (including phenoxy) is 1. The summed E-state index contributed by atoms with van der Waals surface area (Å²) in [4.78, 5) is 0. The number of rotatable bonds is 5. The number of anilines is 1. The van der Waals surface area contributed by atoms with Gasteiger partial charge in [-0.15, -0.1) is 0 Å². The van der Waals surface area contributed by atoms with Gasteiger partial charge in [0.05, 0.1) is 0 Å². The maximum absolute atomic E-state index is 8.45. The van der Waals surface area contributed by atoms with Gasteiger partial charge in [-0.1, -0.05) is 29.8 Å². The van der Waals surface area contributed by atoms with Gasteiger partial charge in [0.25, 0.3) is 0 Å². The van der Waals surface area contributed by atoms with Crippen LogP contribution in [0.15, 0.2) is 42.5 Å². The van der Waals surface area contributed by atoms with Crippen LogP contribution in [0.2, 0.25) is 0 Å². The molecule has 2 aromatic rings. The summed E-state index contributed by atoms with van der Waals surface area (Å²) in [5.74, 6) is 0.724. The Morgan fingerprint density at radius 1 is 1.10 bits per heavy atom. The molecule has 0 aliphatic carbocycles. The molecule has 0 aromatic heterocycles. The third-order valence-electron chi connectivity index (χ3n) is 3.09. The SMILES string of the molecule is Cc1ccc(NCc2ccc(OCC#N)cc2)c(C)c1. The molecule has 2 rings (SSSR count). The van der Waals surface area contributed by atoms with Gasteiger partial charge in [0.15, 0.2) is 6.61 Å². The van der Waals surface area contributed by atoms with E-state index in [-0.39, 0.29) is 6.61 Å². The minimum absolute atomic E-state index is 0.0835. The Hall–Kier alpha value is -2.47. The van der Waals surface area contributed by atoms with Crippen LogP contribution in [0.5, 0.6) is 5.75 Å². The van der Waals surface area contributed by atoms with E-state index in [1.165, 1.54) is 16.7 Å². The van der Waals surface area contributed by atoms with Crippen molar-refractivity contribution in [1.29, 1.82) is 5.26 Å². The first-order chi connectivity index (χ1) is 9.69. The monoisotopic (exact) mass is 266 g/mol. The van der Waals surface area contributed by atoms with E-state index in [1.54, 1.807) is 0 Å². The molecule has 0 amide bonds. The van der Waals surface area contributed by atoms with Crippen molar-refractivity contribution in [3.8, 4) is 11.8 Å². The Balaban J connectivity index is 1.95. The molecule has 102 valence electrons. The summed E-state index contributed by atoms with van der Waals surface area (Å²) in [5, 5.41) is 11.9. The molecule has 0 unspecified atom stereocenters. The number of aryl methyl sites for hydroxylation is 2. The van der Waals surface area contributed by atoms with Crippen LogP contribution in [0.4, 0.5) is 5.69 Å². The molecule has 0 saturated heterocycles. The summed E-state index contributed by atoms with van der Waals surface area (Å²) in [6.07, 6.45) is 0. The van der Waals surface area contributed by atoms with Crippen LogP contribution >= 0.6 is 0 Å². The molecule has 20 heavy (non-hydrogen) atoms. The second kappa shape index (κ2) is 6.63. The number of nitriles is 1. The lowest BCUT2D eigenvalue weighted by Crippen LogP contribution is -2.01. The smallest absolute Gasteiger partial charge is 0.174 e. The van der Waals surface area contributed by atoms with Crippen LogP contribution in [0.1, 0.15) is 16.7 Å². The van der Waals surface area contributed by atoms with Gasteiger partial charge in [0.2, 0.25) is 0 Å². The first kappa shape index (κ1) is 14.0. The van der Waals surface area contributed by atoms with E-state index in [1.807, 2.05) is 30.3 Å². The largest absolute Gasteiger partial charge is 0.479 e. The zero-order valence-corrected chi connectivity index (χ0v) is 11.8. The normalized spacial score (nSPS) is 9.85. The fraction of sp³-hybridized carbons (Fsp3) is 0.235. The number of benzene rings is 2. The van der Waals surface area contributed by atoms with Gasteiger partial charge in [0, 0.05) is 12.2 Å². The molecule has 0 heterocycles. The average molecular weight is 266 g/mol. The van der Waals surface area contributed by atoms with Gasteiger partial charge in [-0.2, -0.15) is 5.26 Å². The number of nitrogens with one attached hydrogen (secondary N) is 1. The third kappa shape index (κ3) is 3.76. The van der Waals surface area contributed by atoms with Crippen LogP contribution in [-0.4, -0.2) is 6.61 Å².